The fourth-order valence-electron chi connectivity index (χ4n) is 1.62. The van der Waals surface area contributed by atoms with Crippen LogP contribution in [0.5, 0.6) is 0 Å². The van der Waals surface area contributed by atoms with E-state index >= 15 is 0 Å². The molecule has 0 saturated heterocycles. The Balaban J connectivity index is 2.31. The summed E-state index contributed by atoms with van der Waals surface area (Å²) >= 11 is 0. The lowest BCUT2D eigenvalue weighted by atomic mass is 10.1. The lowest BCUT2D eigenvalue weighted by molar-refractivity contribution is 1.32. The summed E-state index contributed by atoms with van der Waals surface area (Å²) in [5.74, 6) is 0.516. The van der Waals surface area contributed by atoms with Crippen molar-refractivity contribution < 1.29 is 0 Å². The van der Waals surface area contributed by atoms with Crippen molar-refractivity contribution in [3.8, 4) is 0 Å². The van der Waals surface area contributed by atoms with E-state index in [1.807, 2.05) is 12.1 Å². The molecule has 1 aromatic heterocycles. The number of benzene rings is 1. The monoisotopic (exact) mass is 213 g/mol. The van der Waals surface area contributed by atoms with Gasteiger partial charge in [-0.2, -0.15) is 0 Å². The van der Waals surface area contributed by atoms with Crippen LogP contribution in [-0.2, 0) is 0 Å². The van der Waals surface area contributed by atoms with Gasteiger partial charge in [0.15, 0.2) is 0 Å². The van der Waals surface area contributed by atoms with Crippen molar-refractivity contribution in [1.29, 1.82) is 0 Å². The maximum Gasteiger partial charge on any atom is 0.147 e. The molecule has 0 aliphatic rings. The van der Waals surface area contributed by atoms with Crippen LogP contribution >= 0.6 is 0 Å². The van der Waals surface area contributed by atoms with Crippen LogP contribution in [0.15, 0.2) is 36.5 Å². The SMILES string of the molecule is Cc1ccc(Nc2cccnc2N)c(C)c1. The van der Waals surface area contributed by atoms with Crippen LogP contribution in [0, 0.1) is 13.8 Å². The van der Waals surface area contributed by atoms with Crippen LogP contribution < -0.4 is 11.1 Å². The molecule has 0 unspecified atom stereocenters. The number of hydrogen-bond acceptors (Lipinski definition) is 3. The maximum absolute atomic E-state index is 5.77. The average molecular weight is 213 g/mol. The van der Waals surface area contributed by atoms with Gasteiger partial charge in [0.2, 0.25) is 0 Å². The van der Waals surface area contributed by atoms with Crippen molar-refractivity contribution in [3.63, 3.8) is 0 Å². The predicted octanol–water partition coefficient (Wildman–Crippen LogP) is 3.02. The summed E-state index contributed by atoms with van der Waals surface area (Å²) in [5, 5.41) is 3.28. The van der Waals surface area contributed by atoms with Crippen molar-refractivity contribution in [1.82, 2.24) is 4.98 Å². The van der Waals surface area contributed by atoms with Gasteiger partial charge in [-0.25, -0.2) is 4.98 Å². The van der Waals surface area contributed by atoms with E-state index in [-0.39, 0.29) is 0 Å². The van der Waals surface area contributed by atoms with Gasteiger partial charge >= 0.3 is 0 Å². The summed E-state index contributed by atoms with van der Waals surface area (Å²) in [7, 11) is 0. The highest BCUT2D eigenvalue weighted by molar-refractivity contribution is 5.71. The molecule has 0 spiro atoms. The molecule has 82 valence electrons. The first kappa shape index (κ1) is 10.5. The fraction of sp³-hybridized carbons (Fsp3) is 0.154. The minimum atomic E-state index is 0.516. The van der Waals surface area contributed by atoms with Crippen LogP contribution in [0.2, 0.25) is 0 Å². The molecule has 0 amide bonds. The van der Waals surface area contributed by atoms with Gasteiger partial charge in [0.05, 0.1) is 5.69 Å². The average Bonchev–Trinajstić information content (AvgIpc) is 2.25. The van der Waals surface area contributed by atoms with Crippen LogP contribution in [0.25, 0.3) is 0 Å². The molecule has 0 fully saturated rings. The zero-order valence-electron chi connectivity index (χ0n) is 9.49. The van der Waals surface area contributed by atoms with Gasteiger partial charge in [-0.15, -0.1) is 0 Å². The second kappa shape index (κ2) is 4.23. The molecule has 3 N–H and O–H groups in total. The molecule has 0 aliphatic heterocycles. The number of anilines is 3. The Kier molecular flexibility index (Phi) is 2.77. The Morgan fingerprint density at radius 2 is 1.94 bits per heavy atom. The second-order valence-corrected chi connectivity index (χ2v) is 3.88. The molecule has 0 atom stereocenters. The molecular weight excluding hydrogens is 198 g/mol. The van der Waals surface area contributed by atoms with Gasteiger partial charge in [0.1, 0.15) is 5.82 Å². The van der Waals surface area contributed by atoms with Gasteiger partial charge in [-0.1, -0.05) is 17.7 Å². The van der Waals surface area contributed by atoms with E-state index in [1.165, 1.54) is 11.1 Å². The molecule has 1 aromatic carbocycles. The van der Waals surface area contributed by atoms with Crippen LogP contribution in [0.1, 0.15) is 11.1 Å². The number of nitrogen functional groups attached to an aromatic ring is 1. The van der Waals surface area contributed by atoms with Gasteiger partial charge in [0.25, 0.3) is 0 Å². The van der Waals surface area contributed by atoms with Gasteiger partial charge in [0, 0.05) is 11.9 Å². The number of aromatic nitrogens is 1. The Bertz CT molecular complexity index is 506. The molecule has 2 aromatic rings. The third kappa shape index (κ3) is 2.14. The number of hydrogen-bond donors (Lipinski definition) is 2. The van der Waals surface area contributed by atoms with Gasteiger partial charge in [-0.3, -0.25) is 0 Å². The molecule has 0 bridgehead atoms. The molecule has 16 heavy (non-hydrogen) atoms. The maximum atomic E-state index is 5.77. The molecule has 3 nitrogen and oxygen atoms in total. The number of rotatable bonds is 2. The highest BCUT2D eigenvalue weighted by Crippen LogP contribution is 2.23. The first-order valence-corrected chi connectivity index (χ1v) is 5.21. The van der Waals surface area contributed by atoms with Crippen molar-refractivity contribution in [3.05, 3.63) is 47.7 Å². The number of nitrogens with two attached hydrogens (primary N) is 1. The Morgan fingerprint density at radius 1 is 1.12 bits per heavy atom. The Hall–Kier alpha value is -2.03. The van der Waals surface area contributed by atoms with Crippen LogP contribution in [-0.4, -0.2) is 4.98 Å². The summed E-state index contributed by atoms with van der Waals surface area (Å²) in [6.45, 7) is 4.15. The number of nitrogens with zero attached hydrogens (tertiary/aromatic N) is 1. The van der Waals surface area contributed by atoms with E-state index in [9.17, 15) is 0 Å². The van der Waals surface area contributed by atoms with Gasteiger partial charge < -0.3 is 11.1 Å². The first-order valence-electron chi connectivity index (χ1n) is 5.21. The van der Waals surface area contributed by atoms with Crippen LogP contribution in [0.3, 0.4) is 0 Å². The van der Waals surface area contributed by atoms with Crippen molar-refractivity contribution in [2.75, 3.05) is 11.1 Å². The van der Waals surface area contributed by atoms with E-state index in [0.717, 1.165) is 11.4 Å². The number of nitrogens with one attached hydrogen (secondary N) is 1. The zero-order valence-corrected chi connectivity index (χ0v) is 9.49. The topological polar surface area (TPSA) is 50.9 Å². The highest BCUT2D eigenvalue weighted by atomic mass is 15.0. The van der Waals surface area contributed by atoms with E-state index in [1.54, 1.807) is 6.20 Å². The lowest BCUT2D eigenvalue weighted by Gasteiger charge is -2.11. The summed E-state index contributed by atoms with van der Waals surface area (Å²) in [6.07, 6.45) is 1.68. The number of aryl methyl sites for hydroxylation is 2. The third-order valence-corrected chi connectivity index (χ3v) is 2.49. The first-order chi connectivity index (χ1) is 7.66. The Labute approximate surface area is 95.3 Å². The molecule has 1 heterocycles. The lowest BCUT2D eigenvalue weighted by Crippen LogP contribution is -1.99. The molecule has 0 aliphatic carbocycles. The quantitative estimate of drug-likeness (QED) is 0.806. The van der Waals surface area contributed by atoms with Crippen molar-refractivity contribution in [2.24, 2.45) is 0 Å². The third-order valence-electron chi connectivity index (χ3n) is 2.49. The smallest absolute Gasteiger partial charge is 0.147 e. The van der Waals surface area contributed by atoms with Crippen molar-refractivity contribution in [2.45, 2.75) is 13.8 Å². The molecule has 3 heteroatoms. The predicted molar refractivity (Wildman–Crippen MR) is 67.8 cm³/mol. The molecule has 2 rings (SSSR count). The highest BCUT2D eigenvalue weighted by Gasteiger charge is 2.02. The minimum Gasteiger partial charge on any atom is -0.382 e. The second-order valence-electron chi connectivity index (χ2n) is 3.88. The summed E-state index contributed by atoms with van der Waals surface area (Å²) in [4.78, 5) is 4.04. The summed E-state index contributed by atoms with van der Waals surface area (Å²) in [6, 6.07) is 10.0. The van der Waals surface area contributed by atoms with Crippen molar-refractivity contribution >= 4 is 17.2 Å². The minimum absolute atomic E-state index is 0.516. The van der Waals surface area contributed by atoms with Gasteiger partial charge in [-0.05, 0) is 37.6 Å². The normalized spacial score (nSPS) is 10.1. The summed E-state index contributed by atoms with van der Waals surface area (Å²) in [5.41, 5.74) is 10.1. The largest absolute Gasteiger partial charge is 0.382 e. The van der Waals surface area contributed by atoms with E-state index < -0.39 is 0 Å². The fourth-order valence-corrected chi connectivity index (χ4v) is 1.62. The number of pyridine rings is 1. The van der Waals surface area contributed by atoms with E-state index in [0.29, 0.717) is 5.82 Å². The standard InChI is InChI=1S/C13H15N3/c1-9-5-6-11(10(2)8-9)16-12-4-3-7-15-13(12)14/h3-8,16H,1-2H3,(H2,14,15). The van der Waals surface area contributed by atoms with Crippen LogP contribution in [0.4, 0.5) is 17.2 Å². The molecular formula is C13H15N3. The Morgan fingerprint density at radius 3 is 2.62 bits per heavy atom. The van der Waals surface area contributed by atoms with E-state index in [4.69, 9.17) is 5.73 Å². The molecule has 0 radical (unpaired) electrons. The zero-order chi connectivity index (χ0) is 11.5. The molecule has 0 saturated carbocycles. The van der Waals surface area contributed by atoms with E-state index in [2.05, 4.69) is 42.3 Å². The summed E-state index contributed by atoms with van der Waals surface area (Å²) < 4.78 is 0.